The minimum absolute atomic E-state index is 0.880. The molecule has 1 atom stereocenters. The van der Waals surface area contributed by atoms with E-state index < -0.39 is 0 Å². The second-order valence-electron chi connectivity index (χ2n) is 5.85. The van der Waals surface area contributed by atoms with Crippen LogP contribution < -0.4 is 10.2 Å². The van der Waals surface area contributed by atoms with E-state index in [9.17, 15) is 0 Å². The maximum absolute atomic E-state index is 6.48. The number of rotatable bonds is 5. The molecule has 20 heavy (non-hydrogen) atoms. The topological polar surface area (TPSA) is 15.3 Å². The Morgan fingerprint density at radius 3 is 2.90 bits per heavy atom. The van der Waals surface area contributed by atoms with E-state index in [1.807, 2.05) is 13.1 Å². The van der Waals surface area contributed by atoms with Crippen molar-refractivity contribution in [1.29, 1.82) is 0 Å². The van der Waals surface area contributed by atoms with E-state index >= 15 is 0 Å². The molecule has 1 aromatic rings. The first-order valence-corrected chi connectivity index (χ1v) is 8.31. The minimum Gasteiger partial charge on any atom is -0.370 e. The fraction of sp³-hybridized carbons (Fsp3) is 0.647. The molecule has 1 fully saturated rings. The molecule has 0 radical (unpaired) electrons. The van der Waals surface area contributed by atoms with Gasteiger partial charge in [0, 0.05) is 19.6 Å². The summed E-state index contributed by atoms with van der Waals surface area (Å²) in [7, 11) is 1.99. The molecule has 0 aromatic heterocycles. The lowest BCUT2D eigenvalue weighted by atomic mass is 9.96. The van der Waals surface area contributed by atoms with Crippen molar-refractivity contribution in [2.24, 2.45) is 5.92 Å². The van der Waals surface area contributed by atoms with E-state index in [2.05, 4.69) is 29.3 Å². The number of para-hydroxylation sites is 1. The van der Waals surface area contributed by atoms with Gasteiger partial charge in [0.2, 0.25) is 0 Å². The van der Waals surface area contributed by atoms with Gasteiger partial charge in [-0.05, 0) is 43.9 Å². The summed E-state index contributed by atoms with van der Waals surface area (Å²) in [5, 5.41) is 4.15. The summed E-state index contributed by atoms with van der Waals surface area (Å²) in [4.78, 5) is 2.50. The van der Waals surface area contributed by atoms with Gasteiger partial charge in [0.1, 0.15) is 0 Å². The summed E-state index contributed by atoms with van der Waals surface area (Å²) in [5.41, 5.74) is 2.56. The first kappa shape index (κ1) is 15.7. The summed E-state index contributed by atoms with van der Waals surface area (Å²) >= 11 is 6.48. The van der Waals surface area contributed by atoms with E-state index in [0.29, 0.717) is 0 Å². The van der Waals surface area contributed by atoms with E-state index in [4.69, 9.17) is 11.6 Å². The monoisotopic (exact) mass is 294 g/mol. The van der Waals surface area contributed by atoms with Gasteiger partial charge in [0.05, 0.1) is 10.7 Å². The Kier molecular flexibility index (Phi) is 6.18. The van der Waals surface area contributed by atoms with Crippen molar-refractivity contribution < 1.29 is 0 Å². The summed E-state index contributed by atoms with van der Waals surface area (Å²) in [6.07, 6.45) is 6.64. The first-order valence-electron chi connectivity index (χ1n) is 7.93. The van der Waals surface area contributed by atoms with Crippen LogP contribution in [0.3, 0.4) is 0 Å². The minimum atomic E-state index is 0.880. The van der Waals surface area contributed by atoms with Crippen molar-refractivity contribution in [3.8, 4) is 0 Å². The standard InChI is InChI=1S/C17H27ClN2/c1-3-6-14-7-5-11-20(12-10-14)17-15(13-19-2)8-4-9-16(17)18/h4,8-9,14,19H,3,5-7,10-13H2,1-2H3. The van der Waals surface area contributed by atoms with Crippen molar-refractivity contribution in [1.82, 2.24) is 5.32 Å². The van der Waals surface area contributed by atoms with Gasteiger partial charge < -0.3 is 10.2 Å². The van der Waals surface area contributed by atoms with Crippen molar-refractivity contribution >= 4 is 17.3 Å². The molecule has 0 bridgehead atoms. The Labute approximate surface area is 128 Å². The predicted octanol–water partition coefficient (Wildman–Crippen LogP) is 4.47. The van der Waals surface area contributed by atoms with E-state index in [-0.39, 0.29) is 0 Å². The molecule has 3 heteroatoms. The highest BCUT2D eigenvalue weighted by atomic mass is 35.5. The van der Waals surface area contributed by atoms with E-state index in [1.165, 1.54) is 43.4 Å². The number of nitrogens with one attached hydrogen (secondary N) is 1. The zero-order chi connectivity index (χ0) is 14.4. The van der Waals surface area contributed by atoms with Gasteiger partial charge in [-0.15, -0.1) is 0 Å². The smallest absolute Gasteiger partial charge is 0.0642 e. The molecule has 1 saturated heterocycles. The van der Waals surface area contributed by atoms with Crippen LogP contribution >= 0.6 is 11.6 Å². The summed E-state index contributed by atoms with van der Waals surface area (Å²) in [5.74, 6) is 0.903. The average molecular weight is 295 g/mol. The van der Waals surface area contributed by atoms with Gasteiger partial charge >= 0.3 is 0 Å². The lowest BCUT2D eigenvalue weighted by molar-refractivity contribution is 0.435. The van der Waals surface area contributed by atoms with Crippen LogP contribution in [0, 0.1) is 5.92 Å². The van der Waals surface area contributed by atoms with Crippen molar-refractivity contribution in [2.45, 2.75) is 45.6 Å². The molecule has 1 aliphatic rings. The molecule has 1 unspecified atom stereocenters. The molecule has 1 aromatic carbocycles. The Balaban J connectivity index is 2.14. The average Bonchev–Trinajstić information content (AvgIpc) is 2.66. The molecule has 0 amide bonds. The van der Waals surface area contributed by atoms with Gasteiger partial charge in [0.25, 0.3) is 0 Å². The van der Waals surface area contributed by atoms with Gasteiger partial charge in [-0.25, -0.2) is 0 Å². The first-order chi connectivity index (χ1) is 9.76. The molecule has 1 heterocycles. The van der Waals surface area contributed by atoms with Crippen LogP contribution in [0.5, 0.6) is 0 Å². The van der Waals surface area contributed by atoms with Crippen LogP contribution in [0.15, 0.2) is 18.2 Å². The maximum atomic E-state index is 6.48. The number of nitrogens with zero attached hydrogens (tertiary/aromatic N) is 1. The third kappa shape index (κ3) is 3.89. The van der Waals surface area contributed by atoms with Gasteiger partial charge in [-0.1, -0.05) is 43.5 Å². The zero-order valence-corrected chi connectivity index (χ0v) is 13.5. The molecular weight excluding hydrogens is 268 g/mol. The van der Waals surface area contributed by atoms with E-state index in [1.54, 1.807) is 0 Å². The Morgan fingerprint density at radius 1 is 1.30 bits per heavy atom. The lowest BCUT2D eigenvalue weighted by Gasteiger charge is -2.27. The number of benzene rings is 1. The van der Waals surface area contributed by atoms with Crippen LogP contribution in [-0.4, -0.2) is 20.1 Å². The summed E-state index contributed by atoms with van der Waals surface area (Å²) in [6, 6.07) is 6.26. The largest absolute Gasteiger partial charge is 0.370 e. The Hall–Kier alpha value is -0.730. The molecule has 0 aliphatic carbocycles. The second kappa shape index (κ2) is 7.90. The van der Waals surface area contributed by atoms with Crippen molar-refractivity contribution in [3.05, 3.63) is 28.8 Å². The molecule has 0 saturated carbocycles. The molecule has 2 rings (SSSR count). The predicted molar refractivity (Wildman–Crippen MR) is 88.7 cm³/mol. The Morgan fingerprint density at radius 2 is 2.15 bits per heavy atom. The number of halogens is 1. The van der Waals surface area contributed by atoms with Crippen LogP contribution in [0.4, 0.5) is 5.69 Å². The molecule has 1 N–H and O–H groups in total. The summed E-state index contributed by atoms with van der Waals surface area (Å²) in [6.45, 7) is 5.46. The quantitative estimate of drug-likeness (QED) is 0.862. The van der Waals surface area contributed by atoms with Crippen LogP contribution in [0.2, 0.25) is 5.02 Å². The highest BCUT2D eigenvalue weighted by Gasteiger charge is 2.20. The third-order valence-electron chi connectivity index (χ3n) is 4.30. The maximum Gasteiger partial charge on any atom is 0.0642 e. The molecule has 0 spiro atoms. The summed E-state index contributed by atoms with van der Waals surface area (Å²) < 4.78 is 0. The number of hydrogen-bond donors (Lipinski definition) is 1. The Bertz CT molecular complexity index is 419. The van der Waals surface area contributed by atoms with E-state index in [0.717, 1.165) is 30.6 Å². The van der Waals surface area contributed by atoms with Crippen LogP contribution in [-0.2, 0) is 6.54 Å². The fourth-order valence-corrected chi connectivity index (χ4v) is 3.65. The highest BCUT2D eigenvalue weighted by Crippen LogP contribution is 2.33. The SMILES string of the molecule is CCCC1CCCN(c2c(Cl)cccc2CNC)CC1. The normalized spacial score (nSPS) is 19.9. The zero-order valence-electron chi connectivity index (χ0n) is 12.8. The molecule has 112 valence electrons. The fourth-order valence-electron chi connectivity index (χ4n) is 3.33. The van der Waals surface area contributed by atoms with Crippen LogP contribution in [0.1, 0.15) is 44.6 Å². The number of anilines is 1. The third-order valence-corrected chi connectivity index (χ3v) is 4.60. The molecule has 2 nitrogen and oxygen atoms in total. The van der Waals surface area contributed by atoms with Gasteiger partial charge in [-0.2, -0.15) is 0 Å². The molecule has 1 aliphatic heterocycles. The highest BCUT2D eigenvalue weighted by molar-refractivity contribution is 6.33. The second-order valence-corrected chi connectivity index (χ2v) is 6.26. The van der Waals surface area contributed by atoms with Crippen LogP contribution in [0.25, 0.3) is 0 Å². The lowest BCUT2D eigenvalue weighted by Crippen LogP contribution is -2.26. The molecular formula is C17H27ClN2. The van der Waals surface area contributed by atoms with Crippen molar-refractivity contribution in [3.63, 3.8) is 0 Å². The van der Waals surface area contributed by atoms with Gasteiger partial charge in [0.15, 0.2) is 0 Å². The van der Waals surface area contributed by atoms with Gasteiger partial charge in [-0.3, -0.25) is 0 Å². The van der Waals surface area contributed by atoms with Crippen molar-refractivity contribution in [2.75, 3.05) is 25.0 Å². The number of hydrogen-bond acceptors (Lipinski definition) is 2.